The summed E-state index contributed by atoms with van der Waals surface area (Å²) in [6.07, 6.45) is 1.74. The third kappa shape index (κ3) is 2.64. The van der Waals surface area contributed by atoms with Crippen molar-refractivity contribution in [1.82, 2.24) is 20.1 Å². The summed E-state index contributed by atoms with van der Waals surface area (Å²) in [5.74, 6) is -0.403. The van der Waals surface area contributed by atoms with E-state index in [4.69, 9.17) is 16.9 Å². The van der Waals surface area contributed by atoms with Gasteiger partial charge in [-0.2, -0.15) is 10.4 Å². The first-order valence-electron chi connectivity index (χ1n) is 5.01. The van der Waals surface area contributed by atoms with Crippen LogP contribution in [0.2, 0.25) is 5.02 Å². The highest BCUT2D eigenvalue weighted by atomic mass is 35.5. The smallest absolute Gasteiger partial charge is 0.253 e. The molecule has 1 N–H and O–H groups in total. The number of halogens is 1. The minimum absolute atomic E-state index is 0.378. The van der Waals surface area contributed by atoms with E-state index in [9.17, 15) is 4.79 Å². The van der Waals surface area contributed by atoms with Crippen molar-refractivity contribution in [2.75, 3.05) is 0 Å². The molecule has 0 saturated heterocycles. The maximum Gasteiger partial charge on any atom is 0.253 e. The number of carbonyl (C=O) groups excluding carboxylic acids is 1. The molecule has 0 aliphatic carbocycles. The molecule has 1 atom stereocenters. The largest absolute Gasteiger partial charge is 0.318 e. The highest BCUT2D eigenvalue weighted by Gasteiger charge is 2.15. The third-order valence-electron chi connectivity index (χ3n) is 2.18. The van der Waals surface area contributed by atoms with E-state index in [1.54, 1.807) is 18.2 Å². The zero-order chi connectivity index (χ0) is 13.0. The van der Waals surface area contributed by atoms with Gasteiger partial charge >= 0.3 is 0 Å². The fourth-order valence-electron chi connectivity index (χ4n) is 1.35. The normalized spacial score (nSPS) is 11.6. The molecule has 0 aliphatic rings. The van der Waals surface area contributed by atoms with Crippen LogP contribution < -0.4 is 5.32 Å². The average molecular weight is 262 g/mol. The Kier molecular flexibility index (Phi) is 3.55. The topological polar surface area (TPSA) is 83.6 Å². The highest BCUT2D eigenvalue weighted by molar-refractivity contribution is 6.30. The molecule has 1 unspecified atom stereocenters. The Balaban J connectivity index is 2.14. The van der Waals surface area contributed by atoms with Gasteiger partial charge < -0.3 is 5.32 Å². The lowest BCUT2D eigenvalue weighted by Crippen LogP contribution is -2.31. The Morgan fingerprint density at radius 3 is 3.00 bits per heavy atom. The van der Waals surface area contributed by atoms with E-state index in [1.807, 2.05) is 6.07 Å². The molecule has 1 amide bonds. The summed E-state index contributed by atoms with van der Waals surface area (Å²) in [4.78, 5) is 15.6. The molecule has 0 spiro atoms. The van der Waals surface area contributed by atoms with E-state index in [1.165, 1.54) is 23.4 Å². The number of hydrogen-bond acceptors (Lipinski definition) is 4. The molecular weight excluding hydrogens is 254 g/mol. The second-order valence-electron chi connectivity index (χ2n) is 3.39. The van der Waals surface area contributed by atoms with Crippen molar-refractivity contribution in [3.05, 3.63) is 47.5 Å². The molecule has 0 saturated carbocycles. The van der Waals surface area contributed by atoms with Crippen molar-refractivity contribution in [2.45, 2.75) is 6.17 Å². The summed E-state index contributed by atoms with van der Waals surface area (Å²) in [5, 5.41) is 15.7. The van der Waals surface area contributed by atoms with Gasteiger partial charge in [-0.25, -0.2) is 9.67 Å². The lowest BCUT2D eigenvalue weighted by Gasteiger charge is -2.11. The van der Waals surface area contributed by atoms with Crippen molar-refractivity contribution in [2.24, 2.45) is 0 Å². The first-order valence-corrected chi connectivity index (χ1v) is 5.38. The Morgan fingerprint density at radius 1 is 1.56 bits per heavy atom. The number of rotatable bonds is 3. The van der Waals surface area contributed by atoms with Gasteiger partial charge in [0.2, 0.25) is 6.17 Å². The second-order valence-corrected chi connectivity index (χ2v) is 3.83. The van der Waals surface area contributed by atoms with Crippen LogP contribution in [0.25, 0.3) is 0 Å². The first-order chi connectivity index (χ1) is 8.70. The van der Waals surface area contributed by atoms with Gasteiger partial charge in [0.25, 0.3) is 5.91 Å². The minimum Gasteiger partial charge on any atom is -0.318 e. The molecule has 6 nitrogen and oxygen atoms in total. The first kappa shape index (κ1) is 12.1. The predicted octanol–water partition coefficient (Wildman–Crippen LogP) is 1.38. The van der Waals surface area contributed by atoms with Crippen molar-refractivity contribution >= 4 is 17.5 Å². The maximum absolute atomic E-state index is 11.9. The Labute approximate surface area is 108 Å². The van der Waals surface area contributed by atoms with Crippen LogP contribution in [-0.4, -0.2) is 20.7 Å². The van der Waals surface area contributed by atoms with Crippen LogP contribution >= 0.6 is 11.6 Å². The zero-order valence-corrected chi connectivity index (χ0v) is 9.87. The van der Waals surface area contributed by atoms with Gasteiger partial charge in [-0.15, -0.1) is 0 Å². The number of hydrogen-bond donors (Lipinski definition) is 1. The summed E-state index contributed by atoms with van der Waals surface area (Å²) >= 11 is 5.79. The monoisotopic (exact) mass is 261 g/mol. The van der Waals surface area contributed by atoms with Crippen molar-refractivity contribution in [3.63, 3.8) is 0 Å². The number of aromatic nitrogens is 3. The third-order valence-corrected chi connectivity index (χ3v) is 2.41. The van der Waals surface area contributed by atoms with E-state index >= 15 is 0 Å². The van der Waals surface area contributed by atoms with Crippen molar-refractivity contribution < 1.29 is 4.79 Å². The molecule has 2 aromatic rings. The number of benzene rings is 1. The Morgan fingerprint density at radius 2 is 2.39 bits per heavy atom. The van der Waals surface area contributed by atoms with Gasteiger partial charge in [0.1, 0.15) is 18.7 Å². The van der Waals surface area contributed by atoms with Crippen LogP contribution in [0.3, 0.4) is 0 Å². The van der Waals surface area contributed by atoms with Gasteiger partial charge in [0.05, 0.1) is 0 Å². The molecule has 1 aromatic carbocycles. The molecule has 0 aliphatic heterocycles. The van der Waals surface area contributed by atoms with Crippen LogP contribution in [-0.2, 0) is 0 Å². The highest BCUT2D eigenvalue weighted by Crippen LogP contribution is 2.11. The zero-order valence-electron chi connectivity index (χ0n) is 9.12. The van der Waals surface area contributed by atoms with Crippen LogP contribution in [0.1, 0.15) is 16.5 Å². The molecule has 18 heavy (non-hydrogen) atoms. The SMILES string of the molecule is N#CC(NC(=O)c1cccc(Cl)c1)n1cncn1. The van der Waals surface area contributed by atoms with Gasteiger partial charge in [0, 0.05) is 10.6 Å². The van der Waals surface area contributed by atoms with Crippen LogP contribution in [0.15, 0.2) is 36.9 Å². The second kappa shape index (κ2) is 5.29. The number of amides is 1. The van der Waals surface area contributed by atoms with Crippen LogP contribution in [0.4, 0.5) is 0 Å². The minimum atomic E-state index is -0.904. The average Bonchev–Trinajstić information content (AvgIpc) is 2.89. The molecule has 1 heterocycles. The van der Waals surface area contributed by atoms with Gasteiger partial charge in [-0.05, 0) is 18.2 Å². The predicted molar refractivity (Wildman–Crippen MR) is 63.6 cm³/mol. The lowest BCUT2D eigenvalue weighted by atomic mass is 10.2. The molecule has 0 fully saturated rings. The van der Waals surface area contributed by atoms with E-state index in [0.29, 0.717) is 10.6 Å². The summed E-state index contributed by atoms with van der Waals surface area (Å²) < 4.78 is 1.25. The molecule has 90 valence electrons. The fourth-order valence-corrected chi connectivity index (χ4v) is 1.54. The van der Waals surface area contributed by atoms with Crippen LogP contribution in [0.5, 0.6) is 0 Å². The fraction of sp³-hybridized carbons (Fsp3) is 0.0909. The van der Waals surface area contributed by atoms with Gasteiger partial charge in [0.15, 0.2) is 0 Å². The molecule has 1 aromatic heterocycles. The molecule has 0 bridgehead atoms. The van der Waals surface area contributed by atoms with E-state index in [2.05, 4.69) is 15.4 Å². The number of nitriles is 1. The van der Waals surface area contributed by atoms with E-state index in [0.717, 1.165) is 0 Å². The number of nitrogens with zero attached hydrogens (tertiary/aromatic N) is 4. The standard InChI is InChI=1S/C11H8ClN5O/c12-9-3-1-2-8(4-9)11(18)16-10(5-13)17-7-14-6-15-17/h1-4,6-7,10H,(H,16,18). The summed E-state index contributed by atoms with van der Waals surface area (Å²) in [7, 11) is 0. The van der Waals surface area contributed by atoms with Crippen molar-refractivity contribution in [3.8, 4) is 6.07 Å². The Bertz CT molecular complexity index is 590. The quantitative estimate of drug-likeness (QED) is 0.905. The molecule has 0 radical (unpaired) electrons. The van der Waals surface area contributed by atoms with E-state index in [-0.39, 0.29) is 0 Å². The summed E-state index contributed by atoms with van der Waals surface area (Å²) in [6.45, 7) is 0. The van der Waals surface area contributed by atoms with Gasteiger partial charge in [-0.1, -0.05) is 17.7 Å². The summed E-state index contributed by atoms with van der Waals surface area (Å²) in [5.41, 5.74) is 0.378. The van der Waals surface area contributed by atoms with Gasteiger partial charge in [-0.3, -0.25) is 4.79 Å². The molecule has 2 rings (SSSR count). The van der Waals surface area contributed by atoms with Crippen LogP contribution in [0, 0.1) is 11.3 Å². The maximum atomic E-state index is 11.9. The molecule has 7 heteroatoms. The summed E-state index contributed by atoms with van der Waals surface area (Å²) in [6, 6.07) is 8.37. The van der Waals surface area contributed by atoms with Crippen molar-refractivity contribution in [1.29, 1.82) is 5.26 Å². The number of nitrogens with one attached hydrogen (secondary N) is 1. The van der Waals surface area contributed by atoms with E-state index < -0.39 is 12.1 Å². The Hall–Kier alpha value is -2.39. The lowest BCUT2D eigenvalue weighted by molar-refractivity contribution is 0.0930. The number of carbonyl (C=O) groups is 1. The molecular formula is C11H8ClN5O.